The molecule has 2 heterocycles. The van der Waals surface area contributed by atoms with Crippen LogP contribution in [0.5, 0.6) is 0 Å². The molecule has 11 heteroatoms. The highest BCUT2D eigenvalue weighted by molar-refractivity contribution is 6.32. The molecule has 0 aliphatic carbocycles. The fourth-order valence-corrected chi connectivity index (χ4v) is 3.67. The van der Waals surface area contributed by atoms with Gasteiger partial charge in [0, 0.05) is 12.6 Å². The zero-order valence-corrected chi connectivity index (χ0v) is 15.4. The first-order valence-electron chi connectivity index (χ1n) is 8.12. The summed E-state index contributed by atoms with van der Waals surface area (Å²) in [6.45, 7) is -0.298. The maximum Gasteiger partial charge on any atom is 0.425 e. The van der Waals surface area contributed by atoms with Crippen molar-refractivity contribution in [3.8, 4) is 0 Å². The van der Waals surface area contributed by atoms with E-state index in [-0.39, 0.29) is 18.7 Å². The monoisotopic (exact) mass is 414 g/mol. The molecule has 1 aliphatic heterocycles. The van der Waals surface area contributed by atoms with Crippen molar-refractivity contribution in [3.05, 3.63) is 53.1 Å². The Balaban J connectivity index is 2.14. The molecule has 7 nitrogen and oxygen atoms in total. The van der Waals surface area contributed by atoms with Crippen LogP contribution in [0, 0.1) is 0 Å². The molecule has 1 aliphatic rings. The molecule has 0 saturated carbocycles. The summed E-state index contributed by atoms with van der Waals surface area (Å²) in [7, 11) is 1.41. The van der Waals surface area contributed by atoms with Crippen molar-refractivity contribution in [2.75, 3.05) is 13.6 Å². The Morgan fingerprint density at radius 3 is 2.54 bits per heavy atom. The van der Waals surface area contributed by atoms with Crippen molar-refractivity contribution in [2.24, 2.45) is 5.73 Å². The van der Waals surface area contributed by atoms with Gasteiger partial charge in [0.1, 0.15) is 19.4 Å². The van der Waals surface area contributed by atoms with Crippen LogP contribution in [0.3, 0.4) is 0 Å². The van der Waals surface area contributed by atoms with Crippen LogP contribution in [0.1, 0.15) is 11.1 Å². The number of carbonyl (C=O) groups excluding carboxylic acids is 2. The summed E-state index contributed by atoms with van der Waals surface area (Å²) >= 11 is 6.03. The van der Waals surface area contributed by atoms with E-state index < -0.39 is 39.2 Å². The summed E-state index contributed by atoms with van der Waals surface area (Å²) in [5.74, 6) is -0.720. The van der Waals surface area contributed by atoms with E-state index >= 15 is 0 Å². The van der Waals surface area contributed by atoms with Crippen molar-refractivity contribution >= 4 is 29.2 Å². The summed E-state index contributed by atoms with van der Waals surface area (Å²) < 4.78 is 39.2. The lowest BCUT2D eigenvalue weighted by Gasteiger charge is -2.30. The fraction of sp³-hybridized carbons (Fsp3) is 0.294. The Hall–Kier alpha value is -2.72. The maximum atomic E-state index is 13.2. The minimum atomic E-state index is -4.64. The van der Waals surface area contributed by atoms with Gasteiger partial charge in [0.2, 0.25) is 5.91 Å². The Labute approximate surface area is 163 Å². The molecular weight excluding hydrogens is 399 g/mol. The van der Waals surface area contributed by atoms with Gasteiger partial charge in [-0.05, 0) is 6.07 Å². The Morgan fingerprint density at radius 2 is 2.00 bits per heavy atom. The zero-order valence-electron chi connectivity index (χ0n) is 14.7. The number of likely N-dealkylation sites (N-methyl/N-ethyl adjacent to an activating group) is 1. The number of aromatic nitrogens is 2. The third kappa shape index (κ3) is 3.29. The third-order valence-electron chi connectivity index (χ3n) is 4.81. The molecule has 0 radical (unpaired) electrons. The van der Waals surface area contributed by atoms with Gasteiger partial charge < -0.3 is 5.73 Å². The van der Waals surface area contributed by atoms with Gasteiger partial charge in [-0.15, -0.1) is 0 Å². The van der Waals surface area contributed by atoms with Crippen molar-refractivity contribution < 1.29 is 22.8 Å². The van der Waals surface area contributed by atoms with E-state index in [9.17, 15) is 22.8 Å². The largest absolute Gasteiger partial charge is 0.425 e. The van der Waals surface area contributed by atoms with Crippen LogP contribution in [-0.2, 0) is 17.5 Å². The first kappa shape index (κ1) is 20.0. The van der Waals surface area contributed by atoms with E-state index in [2.05, 4.69) is 9.97 Å². The summed E-state index contributed by atoms with van der Waals surface area (Å²) in [6.07, 6.45) is -0.629. The second kappa shape index (κ2) is 7.02. The van der Waals surface area contributed by atoms with Gasteiger partial charge in [0.05, 0.1) is 23.0 Å². The Bertz CT molecular complexity index is 925. The quantitative estimate of drug-likeness (QED) is 0.779. The van der Waals surface area contributed by atoms with Crippen LogP contribution in [0.4, 0.5) is 23.7 Å². The fourth-order valence-electron chi connectivity index (χ4n) is 3.38. The molecule has 1 aromatic carbocycles. The van der Waals surface area contributed by atoms with Crippen LogP contribution in [-0.4, -0.2) is 46.4 Å². The summed E-state index contributed by atoms with van der Waals surface area (Å²) in [6, 6.07) is 2.04. The normalized spacial score (nSPS) is 22.5. The van der Waals surface area contributed by atoms with Crippen molar-refractivity contribution in [1.82, 2.24) is 19.4 Å². The second-order valence-corrected chi connectivity index (χ2v) is 6.87. The molecule has 1 saturated heterocycles. The Morgan fingerprint density at radius 1 is 1.36 bits per heavy atom. The van der Waals surface area contributed by atoms with Crippen LogP contribution in [0.15, 0.2) is 36.9 Å². The van der Waals surface area contributed by atoms with Crippen LogP contribution in [0.2, 0.25) is 5.02 Å². The van der Waals surface area contributed by atoms with Gasteiger partial charge in [-0.1, -0.05) is 23.7 Å². The molecule has 3 rings (SSSR count). The zero-order chi connectivity index (χ0) is 20.7. The summed E-state index contributed by atoms with van der Waals surface area (Å²) in [5.41, 5.74) is 4.83. The van der Waals surface area contributed by atoms with Gasteiger partial charge in [0.15, 0.2) is 11.7 Å². The number of halogens is 4. The summed E-state index contributed by atoms with van der Waals surface area (Å²) in [5, 5.41) is -0.498. The van der Waals surface area contributed by atoms with Crippen LogP contribution >= 0.6 is 11.6 Å². The second-order valence-electron chi connectivity index (χ2n) is 6.49. The van der Waals surface area contributed by atoms with Crippen LogP contribution in [0.25, 0.3) is 0 Å². The molecule has 2 unspecified atom stereocenters. The lowest BCUT2D eigenvalue weighted by molar-refractivity contribution is -0.137. The predicted molar refractivity (Wildman–Crippen MR) is 95.0 cm³/mol. The third-order valence-corrected chi connectivity index (χ3v) is 5.26. The number of primary amides is 1. The molecule has 0 spiro atoms. The van der Waals surface area contributed by atoms with E-state index in [1.54, 1.807) is 0 Å². The number of alkyl halides is 3. The van der Waals surface area contributed by atoms with Crippen molar-refractivity contribution in [2.45, 2.75) is 18.8 Å². The predicted octanol–water partition coefficient (Wildman–Crippen LogP) is 2.58. The SMILES string of the molecule is CN1C(=O)[N+](Cc2cccc(C(F)(F)F)c2Cl)(c2cncnc2)CC1C(N)=O. The van der Waals surface area contributed by atoms with E-state index in [0.717, 1.165) is 6.07 Å². The van der Waals surface area contributed by atoms with Gasteiger partial charge >= 0.3 is 12.2 Å². The molecule has 0 bridgehead atoms. The van der Waals surface area contributed by atoms with E-state index in [0.29, 0.717) is 5.69 Å². The average Bonchev–Trinajstić information content (AvgIpc) is 2.89. The van der Waals surface area contributed by atoms with Gasteiger partial charge in [-0.3, -0.25) is 9.69 Å². The van der Waals surface area contributed by atoms with Gasteiger partial charge in [-0.2, -0.15) is 17.7 Å². The van der Waals surface area contributed by atoms with Crippen LogP contribution < -0.4 is 10.2 Å². The highest BCUT2D eigenvalue weighted by Gasteiger charge is 2.55. The number of carbonyl (C=O) groups is 2. The molecule has 1 fully saturated rings. The highest BCUT2D eigenvalue weighted by Crippen LogP contribution is 2.39. The van der Waals surface area contributed by atoms with E-state index in [1.807, 2.05) is 0 Å². The minimum absolute atomic E-state index is 0.0788. The number of hydrogen-bond donors (Lipinski definition) is 1. The lowest BCUT2D eigenvalue weighted by atomic mass is 10.1. The topological polar surface area (TPSA) is 89.2 Å². The number of nitrogens with zero attached hydrogens (tertiary/aromatic N) is 4. The maximum absolute atomic E-state index is 13.2. The van der Waals surface area contributed by atoms with E-state index in [1.165, 1.54) is 42.8 Å². The Kier molecular flexibility index (Phi) is 5.02. The van der Waals surface area contributed by atoms with Gasteiger partial charge in [-0.25, -0.2) is 14.8 Å². The standard InChI is InChI=1S/C17H15ClF3N5O2/c1-25-13(15(22)27)8-26(16(25)28,11-5-23-9-24-6-11)7-10-3-2-4-12(14(10)18)17(19,20)21/h2-6,9,13H,7-8H2,1H3,(H-,22,27)/p+1. The molecule has 148 valence electrons. The molecule has 2 N–H and O–H groups in total. The molecular formula is C17H16ClF3N5O2+. The van der Waals surface area contributed by atoms with E-state index in [4.69, 9.17) is 17.3 Å². The molecule has 1 aromatic heterocycles. The number of nitrogens with two attached hydrogens (primary N) is 1. The first-order valence-corrected chi connectivity index (χ1v) is 8.49. The number of amides is 3. The van der Waals surface area contributed by atoms with Gasteiger partial charge in [0.25, 0.3) is 0 Å². The molecule has 3 amide bonds. The smallest absolute Gasteiger partial charge is 0.368 e. The number of quaternary nitrogens is 1. The molecule has 28 heavy (non-hydrogen) atoms. The average molecular weight is 415 g/mol. The van der Waals surface area contributed by atoms with Crippen molar-refractivity contribution in [3.63, 3.8) is 0 Å². The number of benzene rings is 1. The molecule has 2 atom stereocenters. The summed E-state index contributed by atoms with van der Waals surface area (Å²) in [4.78, 5) is 33.9. The lowest BCUT2D eigenvalue weighted by Crippen LogP contribution is -2.51. The highest BCUT2D eigenvalue weighted by atomic mass is 35.5. The van der Waals surface area contributed by atoms with Crippen molar-refractivity contribution in [1.29, 1.82) is 0 Å². The number of hydrogen-bond acceptors (Lipinski definition) is 4. The molecule has 2 aromatic rings. The first-order chi connectivity index (χ1) is 13.1. The minimum Gasteiger partial charge on any atom is -0.368 e. The number of urea groups is 1. The number of rotatable bonds is 4.